The van der Waals surface area contributed by atoms with Gasteiger partial charge in [-0.2, -0.15) is 4.58 Å². The van der Waals surface area contributed by atoms with Gasteiger partial charge in [0, 0.05) is 184 Å². The molecule has 0 saturated carbocycles. The summed E-state index contributed by atoms with van der Waals surface area (Å²) in [4.78, 5) is 10.2. The molecule has 6 radical (unpaired) electrons. The Morgan fingerprint density at radius 1 is 0.268 bits per heavy atom. The summed E-state index contributed by atoms with van der Waals surface area (Å²) in [6, 6.07) is 37.4. The smallest absolute Gasteiger partial charge is 0.212 e. The van der Waals surface area contributed by atoms with Crippen LogP contribution in [0.4, 0.5) is 102 Å². The molecule has 0 fully saturated rings. The van der Waals surface area contributed by atoms with Gasteiger partial charge in [-0.1, -0.05) is 107 Å². The van der Waals surface area contributed by atoms with Gasteiger partial charge in [0.1, 0.15) is 13.1 Å². The molecule has 0 bridgehead atoms. The second-order valence-electron chi connectivity index (χ2n) is 19.0. The number of hydrogen-bond acceptors (Lipinski definition) is 4. The molecule has 0 N–H and O–H groups in total. The SMILES string of the molecule is CCCCN(CCCC)c1ccc(N(c2ccc(N(CCCC)CCCC)cc2)c2ccc([N+](=C3C=CC(=[N+](CCCC)CCCC)C=C3)c3ccc(N(CCCC)CCCC)cc3)cc2)cc1.F.F.F.F.F.F.F.F.F.F.F.F.[Sb].[Sb]. The van der Waals surface area contributed by atoms with E-state index < -0.39 is 0 Å². The van der Waals surface area contributed by atoms with Crippen molar-refractivity contribution in [3.05, 3.63) is 121 Å². The van der Waals surface area contributed by atoms with Crippen molar-refractivity contribution in [3.8, 4) is 0 Å². The van der Waals surface area contributed by atoms with Crippen LogP contribution in [-0.4, -0.2) is 117 Å². The summed E-state index contributed by atoms with van der Waals surface area (Å²) in [7, 11) is 0. The van der Waals surface area contributed by atoms with Crippen molar-refractivity contribution in [1.29, 1.82) is 0 Å². The Kier molecular flexibility index (Phi) is 69.5. The van der Waals surface area contributed by atoms with Crippen molar-refractivity contribution in [2.45, 2.75) is 158 Å². The fraction of sp³-hybridized carbons (Fsp3) is 0.516. The first-order valence-corrected chi connectivity index (χ1v) is 27.5. The molecule has 0 unspecified atom stereocenters. The van der Waals surface area contributed by atoms with Crippen LogP contribution in [0.3, 0.4) is 0 Å². The van der Waals surface area contributed by atoms with Gasteiger partial charge in [-0.3, -0.25) is 56.5 Å². The van der Waals surface area contributed by atoms with E-state index in [0.29, 0.717) is 0 Å². The van der Waals surface area contributed by atoms with E-state index in [0.717, 1.165) is 63.7 Å². The van der Waals surface area contributed by atoms with Crippen LogP contribution in [0.5, 0.6) is 0 Å². The van der Waals surface area contributed by atoms with Crippen LogP contribution in [0.15, 0.2) is 121 Å². The Morgan fingerprint density at radius 3 is 0.720 bits per heavy atom. The van der Waals surface area contributed by atoms with Crippen molar-refractivity contribution in [2.75, 3.05) is 72.0 Å². The zero-order valence-corrected chi connectivity index (χ0v) is 55.1. The Balaban J connectivity index is -0.000000463. The topological polar surface area (TPSA) is 19.0 Å². The molecule has 0 atom stereocenters. The van der Waals surface area contributed by atoms with E-state index in [2.05, 4.69) is 206 Å². The number of halogens is 12. The van der Waals surface area contributed by atoms with Crippen LogP contribution < -0.4 is 24.2 Å². The van der Waals surface area contributed by atoms with Crippen molar-refractivity contribution in [2.24, 2.45) is 0 Å². The predicted molar refractivity (Wildman–Crippen MR) is 345 cm³/mol. The molecule has 5 rings (SSSR count). The third-order valence-electron chi connectivity index (χ3n) is 13.5. The number of benzene rings is 4. The van der Waals surface area contributed by atoms with E-state index in [1.54, 1.807) is 0 Å². The summed E-state index contributed by atoms with van der Waals surface area (Å²) in [5.74, 6) is 0. The Bertz CT molecular complexity index is 2070. The molecule has 0 aromatic heterocycles. The van der Waals surface area contributed by atoms with Crippen molar-refractivity contribution in [3.63, 3.8) is 0 Å². The number of allylic oxidation sites excluding steroid dienone is 4. The average Bonchev–Trinajstić information content (AvgIpc) is 3.38. The first kappa shape index (κ1) is 99.7. The summed E-state index contributed by atoms with van der Waals surface area (Å²) < 4.78 is 5.03. The molecule has 4 aromatic carbocycles. The number of rotatable bonds is 32. The van der Waals surface area contributed by atoms with Gasteiger partial charge in [-0.15, -0.1) is 0 Å². The molecule has 1 aliphatic carbocycles. The van der Waals surface area contributed by atoms with Gasteiger partial charge in [0.05, 0.1) is 0 Å². The van der Waals surface area contributed by atoms with Gasteiger partial charge in [-0.25, -0.2) is 4.58 Å². The van der Waals surface area contributed by atoms with Crippen LogP contribution >= 0.6 is 0 Å². The Hall–Kier alpha value is -4.30. The molecule has 4 aromatic rings. The van der Waals surface area contributed by atoms with Gasteiger partial charge < -0.3 is 19.6 Å². The maximum Gasteiger partial charge on any atom is 0.212 e. The Labute approximate surface area is 519 Å². The molecular weight excluding hydrogens is 1300 g/mol. The van der Waals surface area contributed by atoms with Gasteiger partial charge in [0.15, 0.2) is 5.71 Å². The summed E-state index contributed by atoms with van der Waals surface area (Å²) in [6.07, 6.45) is 28.7. The summed E-state index contributed by atoms with van der Waals surface area (Å²) in [6.45, 7) is 27.1. The maximum atomic E-state index is 2.58. The second kappa shape index (κ2) is 57.1. The molecule has 0 heterocycles. The van der Waals surface area contributed by atoms with Crippen LogP contribution in [-0.2, 0) is 0 Å². The minimum Gasteiger partial charge on any atom is -0.372 e. The zero-order chi connectivity index (χ0) is 48.4. The largest absolute Gasteiger partial charge is 0.372 e. The predicted octanol–water partition coefficient (Wildman–Crippen LogP) is 17.9. The fourth-order valence-electron chi connectivity index (χ4n) is 9.17. The molecule has 0 spiro atoms. The van der Waals surface area contributed by atoms with Gasteiger partial charge >= 0.3 is 0 Å². The van der Waals surface area contributed by atoms with Gasteiger partial charge in [0.2, 0.25) is 17.1 Å². The first-order chi connectivity index (χ1) is 33.4. The van der Waals surface area contributed by atoms with Crippen LogP contribution in [0.1, 0.15) is 158 Å². The summed E-state index contributed by atoms with van der Waals surface area (Å²) in [5.41, 5.74) is 12.2. The number of unbranched alkanes of at least 4 members (excludes halogenated alkanes) is 8. The van der Waals surface area contributed by atoms with Gasteiger partial charge in [-0.05, 0) is 111 Å². The number of nitrogens with zero attached hydrogens (tertiary/aromatic N) is 6. The van der Waals surface area contributed by atoms with E-state index in [1.807, 2.05) is 0 Å². The van der Waals surface area contributed by atoms with Crippen molar-refractivity contribution >= 4 is 106 Å². The standard InChI is InChI=1S/C62H92N6.12FH.2Sb/c1-9-17-45-63(46-18-10-2)53-25-33-57(34-26-53)67(58-35-27-54(28-36-58)64(47-19-11-3)48-20-12-4)61-41-43-62(44-42-61)68(59-37-29-55(30-38-59)65(49-21-13-5)50-22-14-6)60-39-31-56(32-40-60)66(51-23-15-7)52-24-16-8;;;;;;;;;;;;;;/h25-44H,9-24,45-52H2,1-8H3;12*1H;;/q+2;;;;;;;;;;;;;;. The van der Waals surface area contributed by atoms with Crippen LogP contribution in [0, 0.1) is 0 Å². The normalized spacial score (nSPS) is 10.1. The first-order valence-electron chi connectivity index (χ1n) is 27.5. The van der Waals surface area contributed by atoms with Crippen LogP contribution in [0.2, 0.25) is 0 Å². The third kappa shape index (κ3) is 30.5. The molecule has 1 aliphatic rings. The van der Waals surface area contributed by atoms with E-state index in [4.69, 9.17) is 0 Å². The second-order valence-corrected chi connectivity index (χ2v) is 19.0. The molecule has 82 heavy (non-hydrogen) atoms. The summed E-state index contributed by atoms with van der Waals surface area (Å²) >= 11 is 0. The Morgan fingerprint density at radius 2 is 0.476 bits per heavy atom. The molecule has 6 nitrogen and oxygen atoms in total. The zero-order valence-electron chi connectivity index (χ0n) is 50.0. The minimum atomic E-state index is 0. The maximum absolute atomic E-state index is 2.58. The fourth-order valence-corrected chi connectivity index (χ4v) is 9.17. The van der Waals surface area contributed by atoms with E-state index >= 15 is 0 Å². The molecular formula is C62H104F12N6Sb2+2. The van der Waals surface area contributed by atoms with E-state index in [9.17, 15) is 0 Å². The van der Waals surface area contributed by atoms with Crippen molar-refractivity contribution < 1.29 is 61.0 Å². The number of hydrogen-bond donors (Lipinski definition) is 0. The van der Waals surface area contributed by atoms with E-state index in [-0.39, 0.29) is 105 Å². The quantitative estimate of drug-likeness (QED) is 0.0210. The molecule has 20 heteroatoms. The minimum absolute atomic E-state index is 0. The van der Waals surface area contributed by atoms with Crippen molar-refractivity contribution in [1.82, 2.24) is 4.58 Å². The molecule has 0 amide bonds. The summed E-state index contributed by atoms with van der Waals surface area (Å²) in [5, 5.41) is 0. The van der Waals surface area contributed by atoms with Crippen LogP contribution in [0.25, 0.3) is 0 Å². The monoisotopic (exact) mass is 1400 g/mol. The van der Waals surface area contributed by atoms with Gasteiger partial charge in [0.25, 0.3) is 0 Å². The average molecular weight is 1410 g/mol. The third-order valence-corrected chi connectivity index (χ3v) is 13.5. The molecule has 0 saturated heterocycles. The number of anilines is 6. The van der Waals surface area contributed by atoms with E-state index in [1.165, 1.54) is 148 Å². The molecule has 474 valence electrons. The molecule has 0 aliphatic heterocycles.